The molecule has 2 heterocycles. The number of guanidine groups is 1. The first-order valence-corrected chi connectivity index (χ1v) is 9.33. The SMILES string of the molecule is CCNC(=NCc1cnn(Cc2ccccc2)c1)N1CCCC(C)C1. The van der Waals surface area contributed by atoms with Crippen molar-refractivity contribution in [1.29, 1.82) is 0 Å². The van der Waals surface area contributed by atoms with Gasteiger partial charge in [-0.05, 0) is 31.2 Å². The summed E-state index contributed by atoms with van der Waals surface area (Å²) in [5.74, 6) is 1.77. The van der Waals surface area contributed by atoms with Gasteiger partial charge in [0, 0.05) is 31.4 Å². The summed E-state index contributed by atoms with van der Waals surface area (Å²) in [7, 11) is 0. The number of nitrogens with one attached hydrogen (secondary N) is 1. The number of hydrogen-bond donors (Lipinski definition) is 1. The number of nitrogens with zero attached hydrogens (tertiary/aromatic N) is 4. The number of benzene rings is 1. The van der Waals surface area contributed by atoms with Crippen molar-refractivity contribution in [1.82, 2.24) is 20.0 Å². The maximum Gasteiger partial charge on any atom is 0.194 e. The van der Waals surface area contributed by atoms with Crippen molar-refractivity contribution in [3.05, 3.63) is 53.9 Å². The number of hydrogen-bond acceptors (Lipinski definition) is 2. The summed E-state index contributed by atoms with van der Waals surface area (Å²) >= 11 is 0. The Kier molecular flexibility index (Phi) is 6.09. The second-order valence-corrected chi connectivity index (χ2v) is 6.90. The normalized spacial score (nSPS) is 18.4. The molecule has 5 nitrogen and oxygen atoms in total. The molecule has 1 N–H and O–H groups in total. The molecule has 134 valence electrons. The van der Waals surface area contributed by atoms with Gasteiger partial charge in [-0.15, -0.1) is 0 Å². The van der Waals surface area contributed by atoms with Gasteiger partial charge in [-0.25, -0.2) is 4.99 Å². The molecule has 0 aliphatic carbocycles. The summed E-state index contributed by atoms with van der Waals surface area (Å²) in [5.41, 5.74) is 2.41. The van der Waals surface area contributed by atoms with Gasteiger partial charge in [0.05, 0.1) is 19.3 Å². The quantitative estimate of drug-likeness (QED) is 0.672. The fourth-order valence-electron chi connectivity index (χ4n) is 3.32. The van der Waals surface area contributed by atoms with Crippen LogP contribution in [0.2, 0.25) is 0 Å². The second kappa shape index (κ2) is 8.70. The van der Waals surface area contributed by atoms with Crippen molar-refractivity contribution in [3.63, 3.8) is 0 Å². The first kappa shape index (κ1) is 17.5. The highest BCUT2D eigenvalue weighted by atomic mass is 15.3. The number of rotatable bonds is 5. The van der Waals surface area contributed by atoms with Crippen LogP contribution in [-0.2, 0) is 13.1 Å². The zero-order valence-electron chi connectivity index (χ0n) is 15.4. The number of likely N-dealkylation sites (tertiary alicyclic amines) is 1. The smallest absolute Gasteiger partial charge is 0.194 e. The molecule has 5 heteroatoms. The summed E-state index contributed by atoms with van der Waals surface area (Å²) < 4.78 is 1.98. The van der Waals surface area contributed by atoms with E-state index in [1.807, 2.05) is 16.9 Å². The highest BCUT2D eigenvalue weighted by Gasteiger charge is 2.19. The van der Waals surface area contributed by atoms with E-state index in [1.54, 1.807) is 0 Å². The van der Waals surface area contributed by atoms with Gasteiger partial charge in [0.15, 0.2) is 5.96 Å². The highest BCUT2D eigenvalue weighted by molar-refractivity contribution is 5.80. The van der Waals surface area contributed by atoms with Crippen molar-refractivity contribution < 1.29 is 0 Å². The number of aromatic nitrogens is 2. The molecular weight excluding hydrogens is 310 g/mol. The molecule has 25 heavy (non-hydrogen) atoms. The van der Waals surface area contributed by atoms with E-state index in [9.17, 15) is 0 Å². The molecule has 3 rings (SSSR count). The van der Waals surface area contributed by atoms with Gasteiger partial charge < -0.3 is 10.2 Å². The first-order chi connectivity index (χ1) is 12.2. The third-order valence-electron chi connectivity index (χ3n) is 4.58. The minimum absolute atomic E-state index is 0.669. The minimum Gasteiger partial charge on any atom is -0.357 e. The van der Waals surface area contributed by atoms with Crippen LogP contribution in [-0.4, -0.2) is 40.3 Å². The third-order valence-corrected chi connectivity index (χ3v) is 4.58. The summed E-state index contributed by atoms with van der Waals surface area (Å²) in [5, 5.41) is 7.91. The fraction of sp³-hybridized carbons (Fsp3) is 0.500. The summed E-state index contributed by atoms with van der Waals surface area (Å²) in [6, 6.07) is 10.4. The molecule has 0 saturated carbocycles. The number of piperidine rings is 1. The summed E-state index contributed by atoms with van der Waals surface area (Å²) in [6.45, 7) is 9.01. The molecule has 1 aromatic carbocycles. The van der Waals surface area contributed by atoms with Gasteiger partial charge in [0.2, 0.25) is 0 Å². The molecule has 1 saturated heterocycles. The Hall–Kier alpha value is -2.30. The molecule has 1 aliphatic heterocycles. The van der Waals surface area contributed by atoms with E-state index in [1.165, 1.54) is 18.4 Å². The van der Waals surface area contributed by atoms with Crippen LogP contribution in [0.25, 0.3) is 0 Å². The van der Waals surface area contributed by atoms with Crippen molar-refractivity contribution >= 4 is 5.96 Å². The van der Waals surface area contributed by atoms with E-state index >= 15 is 0 Å². The molecule has 2 aromatic rings. The molecule has 1 aliphatic rings. The van der Waals surface area contributed by atoms with E-state index in [0.29, 0.717) is 6.54 Å². The molecule has 1 unspecified atom stereocenters. The average Bonchev–Trinajstić information content (AvgIpc) is 3.07. The van der Waals surface area contributed by atoms with Crippen LogP contribution >= 0.6 is 0 Å². The average molecular weight is 339 g/mol. The standard InChI is InChI=1S/C20H29N5/c1-3-21-20(24-11-7-8-17(2)14-24)22-12-19-13-23-25(16-19)15-18-9-5-4-6-10-18/h4-6,9-10,13,16-17H,3,7-8,11-12,14-15H2,1-2H3,(H,21,22). The summed E-state index contributed by atoms with van der Waals surface area (Å²) in [6.07, 6.45) is 6.59. The molecule has 0 radical (unpaired) electrons. The van der Waals surface area contributed by atoms with Crippen LogP contribution < -0.4 is 5.32 Å². The Morgan fingerprint density at radius 2 is 2.12 bits per heavy atom. The fourth-order valence-corrected chi connectivity index (χ4v) is 3.32. The van der Waals surface area contributed by atoms with Crippen LogP contribution in [0.3, 0.4) is 0 Å². The van der Waals surface area contributed by atoms with E-state index in [4.69, 9.17) is 4.99 Å². The molecule has 1 fully saturated rings. The monoisotopic (exact) mass is 339 g/mol. The highest BCUT2D eigenvalue weighted by Crippen LogP contribution is 2.15. The molecule has 0 amide bonds. The van der Waals surface area contributed by atoms with Crippen LogP contribution in [0.5, 0.6) is 0 Å². The Balaban J connectivity index is 1.62. The number of aliphatic imine (C=N–C) groups is 1. The lowest BCUT2D eigenvalue weighted by molar-refractivity contribution is 0.266. The van der Waals surface area contributed by atoms with Crippen molar-refractivity contribution in [2.75, 3.05) is 19.6 Å². The summed E-state index contributed by atoms with van der Waals surface area (Å²) in [4.78, 5) is 7.24. The van der Waals surface area contributed by atoms with Gasteiger partial charge in [-0.3, -0.25) is 4.68 Å². The largest absolute Gasteiger partial charge is 0.357 e. The zero-order chi connectivity index (χ0) is 17.5. The molecule has 0 bridgehead atoms. The van der Waals surface area contributed by atoms with Crippen LogP contribution in [0.15, 0.2) is 47.7 Å². The van der Waals surface area contributed by atoms with Crippen LogP contribution in [0.1, 0.15) is 37.8 Å². The van der Waals surface area contributed by atoms with E-state index < -0.39 is 0 Å². The molecule has 0 spiro atoms. The molecule has 1 aromatic heterocycles. The van der Waals surface area contributed by atoms with E-state index in [-0.39, 0.29) is 0 Å². The maximum atomic E-state index is 4.84. The van der Waals surface area contributed by atoms with Crippen molar-refractivity contribution in [2.45, 2.75) is 39.8 Å². The molecule has 1 atom stereocenters. The Bertz CT molecular complexity index is 676. The van der Waals surface area contributed by atoms with Gasteiger partial charge in [-0.1, -0.05) is 37.3 Å². The van der Waals surface area contributed by atoms with Gasteiger partial charge in [0.25, 0.3) is 0 Å². The lowest BCUT2D eigenvalue weighted by Gasteiger charge is -2.33. The lowest BCUT2D eigenvalue weighted by atomic mass is 10.0. The van der Waals surface area contributed by atoms with Crippen LogP contribution in [0.4, 0.5) is 0 Å². The van der Waals surface area contributed by atoms with Gasteiger partial charge in [0.1, 0.15) is 0 Å². The maximum absolute atomic E-state index is 4.84. The first-order valence-electron chi connectivity index (χ1n) is 9.33. The minimum atomic E-state index is 0.669. The van der Waals surface area contributed by atoms with Crippen molar-refractivity contribution in [3.8, 4) is 0 Å². The Morgan fingerprint density at radius 3 is 2.88 bits per heavy atom. The third kappa shape index (κ3) is 5.08. The van der Waals surface area contributed by atoms with Gasteiger partial charge in [-0.2, -0.15) is 5.10 Å². The lowest BCUT2D eigenvalue weighted by Crippen LogP contribution is -2.46. The predicted octanol–water partition coefficient (Wildman–Crippen LogP) is 3.13. The van der Waals surface area contributed by atoms with E-state index in [2.05, 4.69) is 59.6 Å². The predicted molar refractivity (Wildman–Crippen MR) is 103 cm³/mol. The van der Waals surface area contributed by atoms with E-state index in [0.717, 1.165) is 43.6 Å². The van der Waals surface area contributed by atoms with Crippen molar-refractivity contribution in [2.24, 2.45) is 10.9 Å². The Labute approximate surface area is 150 Å². The van der Waals surface area contributed by atoms with Crippen LogP contribution in [0, 0.1) is 5.92 Å². The topological polar surface area (TPSA) is 45.5 Å². The zero-order valence-corrected chi connectivity index (χ0v) is 15.4. The van der Waals surface area contributed by atoms with Gasteiger partial charge >= 0.3 is 0 Å². The molecular formula is C20H29N5. The second-order valence-electron chi connectivity index (χ2n) is 6.90. The Morgan fingerprint density at radius 1 is 1.28 bits per heavy atom.